The van der Waals surface area contributed by atoms with Crippen LogP contribution < -0.4 is 15.5 Å². The summed E-state index contributed by atoms with van der Waals surface area (Å²) in [6.07, 6.45) is -4.86. The number of hydrogen-bond donors (Lipinski definition) is 2. The molecule has 0 saturated carbocycles. The minimum absolute atomic E-state index is 0.0404. The number of halogens is 4. The maximum absolute atomic E-state index is 12.5. The average Bonchev–Trinajstić information content (AvgIpc) is 2.53. The third kappa shape index (κ3) is 5.21. The second-order valence-corrected chi connectivity index (χ2v) is 6.39. The molecule has 0 atom stereocenters. The van der Waals surface area contributed by atoms with Crippen molar-refractivity contribution in [2.75, 3.05) is 36.4 Å². The molecule has 2 rings (SSSR count). The number of carbonyl (C=O) groups excluding carboxylic acids is 2. The molecule has 0 unspecified atom stereocenters. The fourth-order valence-electron chi connectivity index (χ4n) is 2.49. The molecular weight excluding hydrogens is 393 g/mol. The van der Waals surface area contributed by atoms with Crippen LogP contribution >= 0.6 is 23.8 Å². The van der Waals surface area contributed by atoms with Gasteiger partial charge in [0.15, 0.2) is 5.11 Å². The topological polar surface area (TPSA) is 64.7 Å². The largest absolute Gasteiger partial charge is 0.471 e. The Bertz CT molecular complexity index is 721. The van der Waals surface area contributed by atoms with Gasteiger partial charge in [-0.15, -0.1) is 0 Å². The highest BCUT2D eigenvalue weighted by Crippen LogP contribution is 2.30. The quantitative estimate of drug-likeness (QED) is 0.736. The first-order chi connectivity index (χ1) is 12.1. The van der Waals surface area contributed by atoms with E-state index in [1.54, 1.807) is 23.1 Å². The van der Waals surface area contributed by atoms with Crippen LogP contribution in [0.2, 0.25) is 5.02 Å². The van der Waals surface area contributed by atoms with Gasteiger partial charge in [0, 0.05) is 38.8 Å². The molecule has 11 heteroatoms. The molecule has 2 amide bonds. The van der Waals surface area contributed by atoms with Crippen molar-refractivity contribution in [1.29, 1.82) is 0 Å². The van der Waals surface area contributed by atoms with Gasteiger partial charge in [0.05, 0.1) is 10.7 Å². The number of alkyl halides is 3. The molecule has 1 aliphatic heterocycles. The highest BCUT2D eigenvalue weighted by Gasteiger charge is 2.43. The summed E-state index contributed by atoms with van der Waals surface area (Å²) >= 11 is 11.2. The number of piperazine rings is 1. The Labute approximate surface area is 158 Å². The summed E-state index contributed by atoms with van der Waals surface area (Å²) in [7, 11) is 0. The van der Waals surface area contributed by atoms with Crippen LogP contribution in [0.3, 0.4) is 0 Å². The van der Waals surface area contributed by atoms with Crippen LogP contribution in [0.25, 0.3) is 0 Å². The minimum atomic E-state index is -4.86. The van der Waals surface area contributed by atoms with Gasteiger partial charge >= 0.3 is 12.1 Å². The summed E-state index contributed by atoms with van der Waals surface area (Å²) in [5.41, 5.74) is 1.20. The number of carbonyl (C=O) groups is 2. The van der Waals surface area contributed by atoms with Gasteiger partial charge in [-0.05, 0) is 30.4 Å². The Morgan fingerprint density at radius 2 is 1.81 bits per heavy atom. The monoisotopic (exact) mass is 408 g/mol. The first kappa shape index (κ1) is 20.2. The van der Waals surface area contributed by atoms with Crippen LogP contribution in [-0.4, -0.2) is 54.2 Å². The number of amides is 2. The van der Waals surface area contributed by atoms with Gasteiger partial charge in [-0.1, -0.05) is 11.6 Å². The summed E-state index contributed by atoms with van der Waals surface area (Å²) < 4.78 is 37.4. The fourth-order valence-corrected chi connectivity index (χ4v) is 3.05. The first-order valence-electron chi connectivity index (χ1n) is 7.57. The molecule has 1 aromatic rings. The number of nitrogens with one attached hydrogen (secondary N) is 2. The van der Waals surface area contributed by atoms with Gasteiger partial charge in [-0.3, -0.25) is 9.59 Å². The van der Waals surface area contributed by atoms with Crippen molar-refractivity contribution < 1.29 is 22.8 Å². The van der Waals surface area contributed by atoms with Crippen LogP contribution in [-0.2, 0) is 9.59 Å². The molecule has 142 valence electrons. The zero-order valence-electron chi connectivity index (χ0n) is 13.7. The lowest BCUT2D eigenvalue weighted by molar-refractivity contribution is -0.185. The average molecular weight is 409 g/mol. The fraction of sp³-hybridized carbons (Fsp3) is 0.400. The number of thiocarbonyl (C=S) groups is 1. The molecule has 0 spiro atoms. The van der Waals surface area contributed by atoms with Crippen molar-refractivity contribution in [2.24, 2.45) is 0 Å². The van der Waals surface area contributed by atoms with Crippen LogP contribution in [0.4, 0.5) is 24.5 Å². The van der Waals surface area contributed by atoms with E-state index in [1.165, 1.54) is 6.92 Å². The van der Waals surface area contributed by atoms with Crippen molar-refractivity contribution in [3.63, 3.8) is 0 Å². The summed E-state index contributed by atoms with van der Waals surface area (Å²) in [4.78, 5) is 24.8. The molecule has 0 radical (unpaired) electrons. The van der Waals surface area contributed by atoms with E-state index in [0.29, 0.717) is 16.4 Å². The van der Waals surface area contributed by atoms with Crippen molar-refractivity contribution in [2.45, 2.75) is 13.1 Å². The number of benzene rings is 1. The second-order valence-electron chi connectivity index (χ2n) is 5.58. The van der Waals surface area contributed by atoms with Gasteiger partial charge in [0.25, 0.3) is 0 Å². The summed E-state index contributed by atoms with van der Waals surface area (Å²) in [6, 6.07) is 4.98. The molecular formula is C15H16ClF3N4O2S. The first-order valence-corrected chi connectivity index (χ1v) is 8.35. The van der Waals surface area contributed by atoms with Gasteiger partial charge in [-0.2, -0.15) is 13.2 Å². The molecule has 0 aromatic heterocycles. The van der Waals surface area contributed by atoms with Gasteiger partial charge in [0.1, 0.15) is 0 Å². The van der Waals surface area contributed by atoms with Crippen LogP contribution in [0.15, 0.2) is 18.2 Å². The van der Waals surface area contributed by atoms with Gasteiger partial charge in [-0.25, -0.2) is 0 Å². The van der Waals surface area contributed by atoms with E-state index in [9.17, 15) is 22.8 Å². The summed E-state index contributed by atoms with van der Waals surface area (Å²) in [5.74, 6) is -2.13. The lowest BCUT2D eigenvalue weighted by Gasteiger charge is -2.36. The molecule has 1 heterocycles. The molecule has 1 aliphatic rings. The van der Waals surface area contributed by atoms with E-state index in [2.05, 4.69) is 10.6 Å². The van der Waals surface area contributed by atoms with Crippen molar-refractivity contribution >= 4 is 52.1 Å². The van der Waals surface area contributed by atoms with Crippen molar-refractivity contribution in [1.82, 2.24) is 10.2 Å². The Morgan fingerprint density at radius 3 is 2.31 bits per heavy atom. The highest BCUT2D eigenvalue weighted by atomic mass is 35.5. The van der Waals surface area contributed by atoms with E-state index in [4.69, 9.17) is 23.8 Å². The Balaban J connectivity index is 1.99. The molecule has 1 aromatic carbocycles. The van der Waals surface area contributed by atoms with Crippen molar-refractivity contribution in [3.05, 3.63) is 23.2 Å². The molecule has 26 heavy (non-hydrogen) atoms. The SMILES string of the molecule is CC(=O)NC(=S)Nc1ccc(N2CCN(C(=O)C(F)(F)F)CC2)c(Cl)c1. The maximum Gasteiger partial charge on any atom is 0.471 e. The van der Waals surface area contributed by atoms with Crippen molar-refractivity contribution in [3.8, 4) is 0 Å². The Hall–Kier alpha value is -2.07. The summed E-state index contributed by atoms with van der Waals surface area (Å²) in [6.45, 7) is 1.72. The molecule has 0 bridgehead atoms. The molecule has 1 saturated heterocycles. The standard InChI is InChI=1S/C15H16ClF3N4O2S/c1-9(24)20-14(26)21-10-2-3-12(11(16)8-10)22-4-6-23(7-5-22)13(25)15(17,18)19/h2-3,8H,4-7H2,1H3,(H2,20,21,24,26). The number of rotatable bonds is 2. The maximum atomic E-state index is 12.5. The third-order valence-electron chi connectivity index (χ3n) is 3.65. The molecule has 0 aliphatic carbocycles. The van der Waals surface area contributed by atoms with Crippen LogP contribution in [0.1, 0.15) is 6.92 Å². The number of anilines is 2. The van der Waals surface area contributed by atoms with Gasteiger partial charge in [0.2, 0.25) is 5.91 Å². The van der Waals surface area contributed by atoms with Gasteiger partial charge < -0.3 is 20.4 Å². The highest BCUT2D eigenvalue weighted by molar-refractivity contribution is 7.80. The second kappa shape index (κ2) is 8.09. The third-order valence-corrected chi connectivity index (χ3v) is 4.15. The minimum Gasteiger partial charge on any atom is -0.367 e. The van der Waals surface area contributed by atoms with E-state index in [0.717, 1.165) is 4.90 Å². The lowest BCUT2D eigenvalue weighted by atomic mass is 10.2. The zero-order valence-corrected chi connectivity index (χ0v) is 15.3. The normalized spacial score (nSPS) is 14.8. The zero-order chi connectivity index (χ0) is 19.5. The number of hydrogen-bond acceptors (Lipinski definition) is 4. The molecule has 6 nitrogen and oxygen atoms in total. The Kier molecular flexibility index (Phi) is 6.30. The van der Waals surface area contributed by atoms with Crippen LogP contribution in [0, 0.1) is 0 Å². The van der Waals surface area contributed by atoms with Crippen LogP contribution in [0.5, 0.6) is 0 Å². The number of nitrogens with zero attached hydrogens (tertiary/aromatic N) is 2. The van der Waals surface area contributed by atoms with E-state index in [-0.39, 0.29) is 37.2 Å². The predicted molar refractivity (Wildman–Crippen MR) is 96.3 cm³/mol. The van der Waals surface area contributed by atoms with E-state index in [1.807, 2.05) is 0 Å². The lowest BCUT2D eigenvalue weighted by Crippen LogP contribution is -2.52. The molecule has 2 N–H and O–H groups in total. The smallest absolute Gasteiger partial charge is 0.367 e. The van der Waals surface area contributed by atoms with E-state index >= 15 is 0 Å². The Morgan fingerprint density at radius 1 is 1.19 bits per heavy atom. The molecule has 1 fully saturated rings. The predicted octanol–water partition coefficient (Wildman–Crippen LogP) is 2.38. The summed E-state index contributed by atoms with van der Waals surface area (Å²) in [5, 5.41) is 5.71. The van der Waals surface area contributed by atoms with E-state index < -0.39 is 12.1 Å².